The number of esters is 2. The van der Waals surface area contributed by atoms with E-state index in [0.29, 0.717) is 35.0 Å². The van der Waals surface area contributed by atoms with Crippen LogP contribution in [0.4, 0.5) is 0 Å². The third-order valence-electron chi connectivity index (χ3n) is 7.29. The van der Waals surface area contributed by atoms with Crippen LogP contribution in [0.25, 0.3) is 10.9 Å². The van der Waals surface area contributed by atoms with Gasteiger partial charge in [0.1, 0.15) is 11.3 Å². The highest BCUT2D eigenvalue weighted by atomic mass is 35.5. The smallest absolute Gasteiger partial charge is 0.356 e. The molecule has 0 spiro atoms. The fourth-order valence-corrected chi connectivity index (χ4v) is 5.23. The molecule has 5 rings (SSSR count). The van der Waals surface area contributed by atoms with Crippen molar-refractivity contribution < 1.29 is 28.6 Å². The lowest BCUT2D eigenvalue weighted by atomic mass is 9.82. The van der Waals surface area contributed by atoms with Gasteiger partial charge in [0.2, 0.25) is 0 Å². The molecule has 0 aliphatic carbocycles. The van der Waals surface area contributed by atoms with Crippen LogP contribution in [0.2, 0.25) is 5.02 Å². The van der Waals surface area contributed by atoms with Gasteiger partial charge in [0.25, 0.3) is 0 Å². The molecule has 1 aliphatic rings. The van der Waals surface area contributed by atoms with Gasteiger partial charge in [0, 0.05) is 22.7 Å². The van der Waals surface area contributed by atoms with Crippen molar-refractivity contribution in [1.29, 1.82) is 0 Å². The van der Waals surface area contributed by atoms with E-state index in [4.69, 9.17) is 30.6 Å². The Bertz CT molecular complexity index is 1540. The highest BCUT2D eigenvalue weighted by Crippen LogP contribution is 2.41. The number of carbonyl (C=O) groups is 2. The number of hydrogen-bond donors (Lipinski definition) is 0. The lowest BCUT2D eigenvalue weighted by Crippen LogP contribution is -2.29. The molecule has 3 aromatic carbocycles. The second-order valence-electron chi connectivity index (χ2n) is 10.6. The van der Waals surface area contributed by atoms with Crippen molar-refractivity contribution in [3.05, 3.63) is 107 Å². The minimum atomic E-state index is -0.773. The van der Waals surface area contributed by atoms with E-state index in [2.05, 4.69) is 17.1 Å². The molecule has 0 bridgehead atoms. The maximum absolute atomic E-state index is 12.0. The number of hydrogen-bond acceptors (Lipinski definition) is 8. The lowest BCUT2D eigenvalue weighted by molar-refractivity contribution is -0.150. The summed E-state index contributed by atoms with van der Waals surface area (Å²) in [6, 6.07) is 26.8. The van der Waals surface area contributed by atoms with Crippen molar-refractivity contribution in [1.82, 2.24) is 4.98 Å². The number of fused-ring (bicyclic) bond motifs is 1. The monoisotopic (exact) mass is 630 g/mol. The Morgan fingerprint density at radius 2 is 1.62 bits per heavy atom. The average Bonchev–Trinajstić information content (AvgIpc) is 3.53. The quantitative estimate of drug-likeness (QED) is 0.115. The largest absolute Gasteiger partial charge is 0.480 e. The van der Waals surface area contributed by atoms with Gasteiger partial charge in [-0.15, -0.1) is 0 Å². The predicted molar refractivity (Wildman–Crippen MR) is 175 cm³/mol. The third kappa shape index (κ3) is 8.82. The maximum Gasteiger partial charge on any atom is 0.356 e. The van der Waals surface area contributed by atoms with Crippen LogP contribution in [0, 0.1) is 0 Å². The molecule has 0 fully saturated rings. The summed E-state index contributed by atoms with van der Waals surface area (Å²) in [4.78, 5) is 33.9. The highest BCUT2D eigenvalue weighted by molar-refractivity contribution is 6.37. The van der Waals surface area contributed by atoms with Crippen molar-refractivity contribution in [2.45, 2.75) is 64.6 Å². The van der Waals surface area contributed by atoms with Gasteiger partial charge in [-0.25, -0.2) is 9.59 Å². The van der Waals surface area contributed by atoms with Gasteiger partial charge >= 0.3 is 11.9 Å². The molecule has 1 aromatic heterocycles. The number of carbonyl (C=O) groups excluding carboxylic acids is 2. The lowest BCUT2D eigenvalue weighted by Gasteiger charge is -2.27. The van der Waals surface area contributed by atoms with E-state index in [1.54, 1.807) is 25.3 Å². The number of ether oxygens (including phenoxy) is 3. The third-order valence-corrected chi connectivity index (χ3v) is 7.62. The normalized spacial score (nSPS) is 13.9. The number of unbranched alkanes of at least 4 members (excludes halogenated alkanes) is 2. The molecular weight excluding hydrogens is 592 g/mol. The summed E-state index contributed by atoms with van der Waals surface area (Å²) in [5.74, 6) is -0.259. The molecule has 9 heteroatoms. The molecule has 0 N–H and O–H groups in total. The number of aromatic nitrogens is 1. The molecule has 2 heterocycles. The summed E-state index contributed by atoms with van der Waals surface area (Å²) in [5.41, 5.74) is 2.11. The summed E-state index contributed by atoms with van der Waals surface area (Å²) in [5, 5.41) is 5.41. The van der Waals surface area contributed by atoms with Crippen LogP contribution in [-0.2, 0) is 29.5 Å². The summed E-state index contributed by atoms with van der Waals surface area (Å²) < 4.78 is 16.0. The van der Waals surface area contributed by atoms with Gasteiger partial charge in [-0.2, -0.15) is 0 Å². The van der Waals surface area contributed by atoms with Gasteiger partial charge in [-0.05, 0) is 51.0 Å². The number of oxime groups is 1. The molecule has 45 heavy (non-hydrogen) atoms. The zero-order valence-corrected chi connectivity index (χ0v) is 26.7. The molecule has 0 saturated heterocycles. The van der Waals surface area contributed by atoms with Gasteiger partial charge in [0.05, 0.1) is 24.2 Å². The van der Waals surface area contributed by atoms with Gasteiger partial charge in [-0.3, -0.25) is 4.98 Å². The molecule has 0 saturated carbocycles. The van der Waals surface area contributed by atoms with Crippen LogP contribution in [0.1, 0.15) is 64.0 Å². The Morgan fingerprint density at radius 3 is 2.27 bits per heavy atom. The Hall–Kier alpha value is -4.43. The Labute approximate surface area is 269 Å². The van der Waals surface area contributed by atoms with Crippen LogP contribution in [0.15, 0.2) is 96.3 Å². The molecule has 236 valence electrons. The summed E-state index contributed by atoms with van der Waals surface area (Å²) in [6.07, 6.45) is 6.20. The molecule has 8 nitrogen and oxygen atoms in total. The molecule has 1 unspecified atom stereocenters. The summed E-state index contributed by atoms with van der Waals surface area (Å²) >= 11 is 6.13. The Kier molecular flexibility index (Phi) is 12.3. The number of rotatable bonds is 12. The summed E-state index contributed by atoms with van der Waals surface area (Å²) in [7, 11) is 0. The number of pyridine rings is 1. The van der Waals surface area contributed by atoms with E-state index in [-0.39, 0.29) is 18.7 Å². The summed E-state index contributed by atoms with van der Waals surface area (Å²) in [6.45, 7) is 6.02. The molecule has 0 amide bonds. The molecule has 0 radical (unpaired) electrons. The first kappa shape index (κ1) is 33.5. The molecule has 1 atom stereocenters. The minimum absolute atomic E-state index is 0.0854. The molecule has 1 aliphatic heterocycles. The Morgan fingerprint density at radius 1 is 0.933 bits per heavy atom. The van der Waals surface area contributed by atoms with Gasteiger partial charge in [-0.1, -0.05) is 97.2 Å². The fourth-order valence-electron chi connectivity index (χ4n) is 5.01. The van der Waals surface area contributed by atoms with Crippen LogP contribution >= 0.6 is 11.6 Å². The van der Waals surface area contributed by atoms with E-state index >= 15 is 0 Å². The first-order chi connectivity index (χ1) is 21.9. The van der Waals surface area contributed by atoms with Crippen molar-refractivity contribution >= 4 is 40.2 Å². The number of benzene rings is 3. The van der Waals surface area contributed by atoms with Crippen LogP contribution in [0.5, 0.6) is 5.75 Å². The van der Waals surface area contributed by atoms with E-state index in [1.165, 1.54) is 0 Å². The zero-order chi connectivity index (χ0) is 32.1. The second-order valence-corrected chi connectivity index (χ2v) is 11.0. The van der Waals surface area contributed by atoms with E-state index in [1.807, 2.05) is 79.7 Å². The average molecular weight is 631 g/mol. The fraction of sp³-hybridized carbons (Fsp3) is 0.333. The van der Waals surface area contributed by atoms with E-state index < -0.39 is 11.6 Å². The van der Waals surface area contributed by atoms with Crippen LogP contribution in [0.3, 0.4) is 0 Å². The standard InChI is InChI=1S/C18H22ClNO3.C18H17NO3/c1-3-4-5-7-13(2)23-17(21)12-22-16-10-9-15(19)14-8-6-11-20-18(14)16;1-2-21-17(20)16-13-18(22-19-16,14-9-5-3-6-10-14)15-11-7-4-8-12-15/h6,8-11,13H,3-5,7,12H2,1-2H3;3-12H,2,13H2,1H3. The molecular formula is C36H39ClN2O6. The highest BCUT2D eigenvalue weighted by Gasteiger charge is 2.45. The van der Waals surface area contributed by atoms with Crippen LogP contribution < -0.4 is 4.74 Å². The maximum atomic E-state index is 12.0. The predicted octanol–water partition coefficient (Wildman–Crippen LogP) is 8.05. The first-order valence-electron chi connectivity index (χ1n) is 15.3. The number of nitrogens with zero attached hydrogens (tertiary/aromatic N) is 2. The van der Waals surface area contributed by atoms with E-state index in [0.717, 1.165) is 42.2 Å². The van der Waals surface area contributed by atoms with Crippen molar-refractivity contribution in [3.8, 4) is 5.75 Å². The number of halogens is 1. The van der Waals surface area contributed by atoms with Crippen molar-refractivity contribution in [3.63, 3.8) is 0 Å². The zero-order valence-electron chi connectivity index (χ0n) is 25.9. The van der Waals surface area contributed by atoms with E-state index in [9.17, 15) is 9.59 Å². The SMILES string of the molecule is CCCCCC(C)OC(=O)COc1ccc(Cl)c2cccnc12.CCOC(=O)C1=NOC(c2ccccc2)(c2ccccc2)C1. The van der Waals surface area contributed by atoms with Crippen LogP contribution in [-0.4, -0.2) is 42.0 Å². The molecule has 4 aromatic rings. The minimum Gasteiger partial charge on any atom is -0.480 e. The topological polar surface area (TPSA) is 96.3 Å². The van der Waals surface area contributed by atoms with Gasteiger partial charge in [0.15, 0.2) is 17.9 Å². The first-order valence-corrected chi connectivity index (χ1v) is 15.6. The van der Waals surface area contributed by atoms with Gasteiger partial charge < -0.3 is 19.0 Å². The van der Waals surface area contributed by atoms with Crippen molar-refractivity contribution in [2.24, 2.45) is 5.16 Å². The van der Waals surface area contributed by atoms with Crippen molar-refractivity contribution in [2.75, 3.05) is 13.2 Å². The second kappa shape index (κ2) is 16.6. The Balaban J connectivity index is 0.000000205.